The van der Waals surface area contributed by atoms with Crippen LogP contribution in [0.25, 0.3) is 0 Å². The highest BCUT2D eigenvalue weighted by Gasteiger charge is 2.20. The number of aryl methyl sites for hydroxylation is 1. The van der Waals surface area contributed by atoms with E-state index in [2.05, 4.69) is 34.4 Å². The van der Waals surface area contributed by atoms with Crippen molar-refractivity contribution in [3.8, 4) is 0 Å². The quantitative estimate of drug-likeness (QED) is 0.770. The van der Waals surface area contributed by atoms with Gasteiger partial charge in [-0.15, -0.1) is 0 Å². The molecule has 27 heavy (non-hydrogen) atoms. The number of carbonyl (C=O) groups excluding carboxylic acids is 2. The maximum atomic E-state index is 12.4. The second-order valence-electron chi connectivity index (χ2n) is 7.93. The number of amides is 2. The summed E-state index contributed by atoms with van der Waals surface area (Å²) in [6, 6.07) is 5.90. The molecule has 0 saturated carbocycles. The Morgan fingerprint density at radius 3 is 2.41 bits per heavy atom. The minimum atomic E-state index is -0.121. The van der Waals surface area contributed by atoms with Crippen LogP contribution in [-0.4, -0.2) is 66.9 Å². The van der Waals surface area contributed by atoms with E-state index in [0.29, 0.717) is 23.7 Å². The number of rotatable bonds is 7. The van der Waals surface area contributed by atoms with E-state index in [9.17, 15) is 9.59 Å². The number of likely N-dealkylation sites (N-methyl/N-ethyl adjacent to an activating group) is 1. The highest BCUT2D eigenvalue weighted by atomic mass is 16.2. The van der Waals surface area contributed by atoms with Crippen molar-refractivity contribution < 1.29 is 9.59 Å². The zero-order valence-corrected chi connectivity index (χ0v) is 17.3. The van der Waals surface area contributed by atoms with Gasteiger partial charge in [0.25, 0.3) is 5.91 Å². The molecule has 0 radical (unpaired) electrons. The Bertz CT molecular complexity index is 652. The summed E-state index contributed by atoms with van der Waals surface area (Å²) in [6.45, 7) is 12.3. The molecule has 6 nitrogen and oxygen atoms in total. The highest BCUT2D eigenvalue weighted by Crippen LogP contribution is 2.18. The summed E-state index contributed by atoms with van der Waals surface area (Å²) < 4.78 is 0. The molecule has 0 bridgehead atoms. The van der Waals surface area contributed by atoms with Crippen molar-refractivity contribution in [3.63, 3.8) is 0 Å². The van der Waals surface area contributed by atoms with Gasteiger partial charge in [-0.05, 0) is 58.9 Å². The van der Waals surface area contributed by atoms with E-state index < -0.39 is 0 Å². The van der Waals surface area contributed by atoms with Crippen molar-refractivity contribution in [2.24, 2.45) is 0 Å². The van der Waals surface area contributed by atoms with Crippen molar-refractivity contribution in [3.05, 3.63) is 29.3 Å². The smallest absolute Gasteiger partial charge is 0.251 e. The minimum absolute atomic E-state index is 0.000459. The number of nitrogens with one attached hydrogen (secondary N) is 2. The van der Waals surface area contributed by atoms with Crippen LogP contribution < -0.4 is 10.6 Å². The van der Waals surface area contributed by atoms with E-state index in [1.807, 2.05) is 26.8 Å². The Hall–Kier alpha value is -1.92. The van der Waals surface area contributed by atoms with Crippen LogP contribution in [0.4, 0.5) is 5.69 Å². The van der Waals surface area contributed by atoms with Gasteiger partial charge in [-0.2, -0.15) is 0 Å². The third kappa shape index (κ3) is 6.63. The molecule has 0 aliphatic carbocycles. The molecule has 1 heterocycles. The van der Waals surface area contributed by atoms with Gasteiger partial charge in [-0.25, -0.2) is 0 Å². The van der Waals surface area contributed by atoms with Crippen LogP contribution in [0.2, 0.25) is 0 Å². The van der Waals surface area contributed by atoms with E-state index in [0.717, 1.165) is 38.2 Å². The predicted octanol–water partition coefficient (Wildman–Crippen LogP) is 2.49. The number of nitrogens with zero attached hydrogens (tertiary/aromatic N) is 2. The standard InChI is InChI=1S/C21H34N4O2/c1-15(2)22-21(27)18-8-6-16(3)19(14-18)23-20(26)9-7-17(4)25-12-10-24(5)11-13-25/h6,8,14-15,17H,7,9-13H2,1-5H3,(H,22,27)(H,23,26). The Morgan fingerprint density at radius 2 is 1.78 bits per heavy atom. The fourth-order valence-corrected chi connectivity index (χ4v) is 3.24. The Labute approximate surface area is 163 Å². The first-order valence-electron chi connectivity index (χ1n) is 9.90. The molecule has 1 unspecified atom stereocenters. The van der Waals surface area contributed by atoms with Crippen molar-refractivity contribution >= 4 is 17.5 Å². The third-order valence-corrected chi connectivity index (χ3v) is 5.14. The van der Waals surface area contributed by atoms with Crippen molar-refractivity contribution in [1.29, 1.82) is 0 Å². The summed E-state index contributed by atoms with van der Waals surface area (Å²) in [5, 5.41) is 5.86. The first-order valence-corrected chi connectivity index (χ1v) is 9.90. The van der Waals surface area contributed by atoms with Gasteiger partial charge in [0.1, 0.15) is 0 Å². The lowest BCUT2D eigenvalue weighted by atomic mass is 10.1. The molecule has 2 N–H and O–H groups in total. The molecule has 150 valence electrons. The van der Waals surface area contributed by atoms with Crippen LogP contribution in [0.1, 0.15) is 49.5 Å². The first-order chi connectivity index (χ1) is 12.8. The van der Waals surface area contributed by atoms with Gasteiger partial charge in [0.15, 0.2) is 0 Å². The molecule has 2 amide bonds. The van der Waals surface area contributed by atoms with E-state index >= 15 is 0 Å². The second kappa shape index (κ2) is 9.85. The van der Waals surface area contributed by atoms with E-state index in [-0.39, 0.29) is 17.9 Å². The molecule has 0 aromatic heterocycles. The lowest BCUT2D eigenvalue weighted by Crippen LogP contribution is -2.48. The van der Waals surface area contributed by atoms with Crippen molar-refractivity contribution in [1.82, 2.24) is 15.1 Å². The van der Waals surface area contributed by atoms with Gasteiger partial charge in [0.05, 0.1) is 0 Å². The van der Waals surface area contributed by atoms with Gasteiger partial charge in [-0.3, -0.25) is 14.5 Å². The van der Waals surface area contributed by atoms with Crippen LogP contribution in [0, 0.1) is 6.92 Å². The number of benzene rings is 1. The van der Waals surface area contributed by atoms with Crippen LogP contribution >= 0.6 is 0 Å². The molecule has 1 aliphatic heterocycles. The monoisotopic (exact) mass is 374 g/mol. The van der Waals surface area contributed by atoms with Crippen molar-refractivity contribution in [2.45, 2.75) is 52.6 Å². The lowest BCUT2D eigenvalue weighted by Gasteiger charge is -2.36. The van der Waals surface area contributed by atoms with Gasteiger partial charge < -0.3 is 15.5 Å². The number of anilines is 1. The first kappa shape index (κ1) is 21.4. The topological polar surface area (TPSA) is 64.7 Å². The zero-order chi connectivity index (χ0) is 20.0. The summed E-state index contributed by atoms with van der Waals surface area (Å²) >= 11 is 0. The highest BCUT2D eigenvalue weighted by molar-refractivity contribution is 5.97. The molecular weight excluding hydrogens is 340 g/mol. The molecule has 0 spiro atoms. The molecule has 1 aromatic rings. The van der Waals surface area contributed by atoms with Gasteiger partial charge in [0.2, 0.25) is 5.91 Å². The zero-order valence-electron chi connectivity index (χ0n) is 17.3. The molecule has 2 rings (SSSR count). The summed E-state index contributed by atoms with van der Waals surface area (Å²) in [5.74, 6) is -0.121. The third-order valence-electron chi connectivity index (χ3n) is 5.14. The number of piperazine rings is 1. The van der Waals surface area contributed by atoms with E-state index in [1.165, 1.54) is 0 Å². The second-order valence-corrected chi connectivity index (χ2v) is 7.93. The number of hydrogen-bond donors (Lipinski definition) is 2. The van der Waals surface area contributed by atoms with Gasteiger partial charge >= 0.3 is 0 Å². The summed E-state index contributed by atoms with van der Waals surface area (Å²) in [5.41, 5.74) is 2.23. The minimum Gasteiger partial charge on any atom is -0.350 e. The fourth-order valence-electron chi connectivity index (χ4n) is 3.24. The van der Waals surface area contributed by atoms with Crippen LogP contribution in [0.15, 0.2) is 18.2 Å². The van der Waals surface area contributed by atoms with Gasteiger partial charge in [0, 0.05) is 55.9 Å². The normalized spacial score (nSPS) is 17.0. The average molecular weight is 375 g/mol. The molecule has 1 atom stereocenters. The number of carbonyl (C=O) groups is 2. The molecule has 1 aromatic carbocycles. The van der Waals surface area contributed by atoms with Gasteiger partial charge in [-0.1, -0.05) is 6.07 Å². The Kier molecular flexibility index (Phi) is 7.80. The maximum absolute atomic E-state index is 12.4. The molecule has 1 aliphatic rings. The number of hydrogen-bond acceptors (Lipinski definition) is 4. The van der Waals surface area contributed by atoms with Crippen LogP contribution in [0.5, 0.6) is 0 Å². The maximum Gasteiger partial charge on any atom is 0.251 e. The predicted molar refractivity (Wildman–Crippen MR) is 110 cm³/mol. The van der Waals surface area contributed by atoms with Crippen molar-refractivity contribution in [2.75, 3.05) is 38.5 Å². The molecule has 1 saturated heterocycles. The molecular formula is C21H34N4O2. The summed E-state index contributed by atoms with van der Waals surface area (Å²) in [7, 11) is 2.15. The van der Waals surface area contributed by atoms with E-state index in [4.69, 9.17) is 0 Å². The Morgan fingerprint density at radius 1 is 1.11 bits per heavy atom. The average Bonchev–Trinajstić information content (AvgIpc) is 2.61. The van der Waals surface area contributed by atoms with Crippen LogP contribution in [-0.2, 0) is 4.79 Å². The fraction of sp³-hybridized carbons (Fsp3) is 0.619. The van der Waals surface area contributed by atoms with Crippen LogP contribution in [0.3, 0.4) is 0 Å². The van der Waals surface area contributed by atoms with E-state index in [1.54, 1.807) is 12.1 Å². The summed E-state index contributed by atoms with van der Waals surface area (Å²) in [6.07, 6.45) is 1.32. The molecule has 1 fully saturated rings. The molecule has 6 heteroatoms. The Balaban J connectivity index is 1.88. The largest absolute Gasteiger partial charge is 0.350 e. The lowest BCUT2D eigenvalue weighted by molar-refractivity contribution is -0.116. The SMILES string of the molecule is Cc1ccc(C(=O)NC(C)C)cc1NC(=O)CCC(C)N1CCN(C)CC1. The summed E-state index contributed by atoms with van der Waals surface area (Å²) in [4.78, 5) is 29.4.